The fourth-order valence-corrected chi connectivity index (χ4v) is 3.22. The Morgan fingerprint density at radius 3 is 2.95 bits per heavy atom. The predicted octanol–water partition coefficient (Wildman–Crippen LogP) is 1.19. The average Bonchev–Trinajstić information content (AvgIpc) is 3.01. The Labute approximate surface area is 131 Å². The summed E-state index contributed by atoms with van der Waals surface area (Å²) in [6.45, 7) is 8.30. The van der Waals surface area contributed by atoms with Crippen molar-refractivity contribution in [3.63, 3.8) is 0 Å². The van der Waals surface area contributed by atoms with Gasteiger partial charge >= 0.3 is 0 Å². The molecule has 6 heteroatoms. The van der Waals surface area contributed by atoms with Gasteiger partial charge in [-0.25, -0.2) is 0 Å². The monoisotopic (exact) mass is 306 g/mol. The van der Waals surface area contributed by atoms with E-state index in [1.165, 1.54) is 0 Å². The Balaban J connectivity index is 1.63. The summed E-state index contributed by atoms with van der Waals surface area (Å²) >= 11 is 0. The van der Waals surface area contributed by atoms with E-state index in [-0.39, 0.29) is 11.9 Å². The molecule has 0 aliphatic carbocycles. The summed E-state index contributed by atoms with van der Waals surface area (Å²) < 4.78 is 7.25. The van der Waals surface area contributed by atoms with Crippen LogP contribution in [0.4, 0.5) is 0 Å². The lowest BCUT2D eigenvalue weighted by Crippen LogP contribution is -2.48. The van der Waals surface area contributed by atoms with Gasteiger partial charge in [-0.15, -0.1) is 0 Å². The Hall–Kier alpha value is -1.40. The maximum atomic E-state index is 12.6. The number of carbonyl (C=O) groups is 1. The molecule has 1 saturated heterocycles. The SMILES string of the molecule is CC(C)N1Cc2ccnn2[C@@H](C(=O)NCC2CCOCC2)C1. The molecule has 0 spiro atoms. The van der Waals surface area contributed by atoms with Crippen LogP contribution in [0.1, 0.15) is 38.4 Å². The second kappa shape index (κ2) is 6.79. The van der Waals surface area contributed by atoms with Gasteiger partial charge in [0, 0.05) is 45.1 Å². The summed E-state index contributed by atoms with van der Waals surface area (Å²) in [5.74, 6) is 0.626. The Bertz CT molecular complexity index is 508. The van der Waals surface area contributed by atoms with Crippen LogP contribution in [-0.4, -0.2) is 52.9 Å². The normalized spacial score (nSPS) is 23.5. The van der Waals surface area contributed by atoms with Crippen LogP contribution in [0, 0.1) is 5.92 Å². The first-order valence-electron chi connectivity index (χ1n) is 8.27. The molecule has 3 heterocycles. The number of nitrogens with zero attached hydrogens (tertiary/aromatic N) is 3. The molecule has 22 heavy (non-hydrogen) atoms. The van der Waals surface area contributed by atoms with Gasteiger partial charge in [0.15, 0.2) is 0 Å². The highest BCUT2D eigenvalue weighted by molar-refractivity contribution is 5.80. The third-order valence-electron chi connectivity index (χ3n) is 4.76. The van der Waals surface area contributed by atoms with Crippen LogP contribution in [-0.2, 0) is 16.1 Å². The highest BCUT2D eigenvalue weighted by Gasteiger charge is 2.32. The quantitative estimate of drug-likeness (QED) is 0.908. The zero-order valence-electron chi connectivity index (χ0n) is 13.5. The maximum absolute atomic E-state index is 12.6. The molecule has 1 fully saturated rings. The molecule has 2 aliphatic rings. The van der Waals surface area contributed by atoms with Crippen molar-refractivity contribution in [2.24, 2.45) is 5.92 Å². The smallest absolute Gasteiger partial charge is 0.246 e. The van der Waals surface area contributed by atoms with E-state index in [0.29, 0.717) is 12.0 Å². The van der Waals surface area contributed by atoms with Gasteiger partial charge in [-0.05, 0) is 38.7 Å². The molecule has 1 aromatic rings. The number of hydrogen-bond acceptors (Lipinski definition) is 4. The molecule has 0 unspecified atom stereocenters. The summed E-state index contributed by atoms with van der Waals surface area (Å²) in [4.78, 5) is 15.0. The fourth-order valence-electron chi connectivity index (χ4n) is 3.22. The number of fused-ring (bicyclic) bond motifs is 1. The van der Waals surface area contributed by atoms with Crippen molar-refractivity contribution in [3.05, 3.63) is 18.0 Å². The molecule has 0 bridgehead atoms. The standard InChI is InChI=1S/C16H26N4O2/c1-12(2)19-10-14-3-6-18-20(14)15(11-19)16(21)17-9-13-4-7-22-8-5-13/h3,6,12-13,15H,4-5,7-11H2,1-2H3,(H,17,21)/t15-/m1/s1. The van der Waals surface area contributed by atoms with Gasteiger partial charge in [-0.3, -0.25) is 14.4 Å². The molecular weight excluding hydrogens is 280 g/mol. The number of hydrogen-bond donors (Lipinski definition) is 1. The van der Waals surface area contributed by atoms with Gasteiger partial charge in [0.05, 0.1) is 5.69 Å². The number of ether oxygens (including phenoxy) is 1. The van der Waals surface area contributed by atoms with Crippen molar-refractivity contribution < 1.29 is 9.53 Å². The van der Waals surface area contributed by atoms with Gasteiger partial charge < -0.3 is 10.1 Å². The Morgan fingerprint density at radius 2 is 2.23 bits per heavy atom. The largest absolute Gasteiger partial charge is 0.381 e. The van der Waals surface area contributed by atoms with E-state index in [9.17, 15) is 4.79 Å². The third-order valence-corrected chi connectivity index (χ3v) is 4.76. The van der Waals surface area contributed by atoms with Crippen LogP contribution in [0.25, 0.3) is 0 Å². The average molecular weight is 306 g/mol. The maximum Gasteiger partial charge on any atom is 0.246 e. The minimum atomic E-state index is -0.221. The predicted molar refractivity (Wildman–Crippen MR) is 83.4 cm³/mol. The lowest BCUT2D eigenvalue weighted by Gasteiger charge is -2.35. The van der Waals surface area contributed by atoms with Crippen molar-refractivity contribution in [3.8, 4) is 0 Å². The molecular formula is C16H26N4O2. The molecule has 1 atom stereocenters. The van der Waals surface area contributed by atoms with E-state index < -0.39 is 0 Å². The van der Waals surface area contributed by atoms with Gasteiger partial charge in [-0.1, -0.05) is 0 Å². The van der Waals surface area contributed by atoms with Gasteiger partial charge in [0.2, 0.25) is 5.91 Å². The van der Waals surface area contributed by atoms with Crippen molar-refractivity contribution in [2.75, 3.05) is 26.3 Å². The first-order chi connectivity index (χ1) is 10.6. The summed E-state index contributed by atoms with van der Waals surface area (Å²) in [5, 5.41) is 7.49. The van der Waals surface area contributed by atoms with Crippen LogP contribution in [0.3, 0.4) is 0 Å². The molecule has 1 aromatic heterocycles. The first-order valence-corrected chi connectivity index (χ1v) is 8.27. The van der Waals surface area contributed by atoms with Crippen LogP contribution in [0.15, 0.2) is 12.3 Å². The van der Waals surface area contributed by atoms with Gasteiger partial charge in [0.25, 0.3) is 0 Å². The number of rotatable bonds is 4. The van der Waals surface area contributed by atoms with E-state index in [4.69, 9.17) is 4.74 Å². The van der Waals surface area contributed by atoms with Crippen molar-refractivity contribution in [1.29, 1.82) is 0 Å². The third kappa shape index (κ3) is 3.33. The topological polar surface area (TPSA) is 59.4 Å². The Kier molecular flexibility index (Phi) is 4.78. The fraction of sp³-hybridized carbons (Fsp3) is 0.750. The molecule has 6 nitrogen and oxygen atoms in total. The van der Waals surface area contributed by atoms with Crippen LogP contribution in [0.5, 0.6) is 0 Å². The van der Waals surface area contributed by atoms with Gasteiger partial charge in [-0.2, -0.15) is 5.10 Å². The lowest BCUT2D eigenvalue weighted by atomic mass is 10.0. The first kappa shape index (κ1) is 15.5. The minimum absolute atomic E-state index is 0.0850. The second-order valence-corrected chi connectivity index (χ2v) is 6.61. The summed E-state index contributed by atoms with van der Waals surface area (Å²) in [5.41, 5.74) is 1.12. The molecule has 122 valence electrons. The van der Waals surface area contributed by atoms with E-state index in [0.717, 1.165) is 51.4 Å². The summed E-state index contributed by atoms with van der Waals surface area (Å²) in [6, 6.07) is 2.21. The van der Waals surface area contributed by atoms with E-state index >= 15 is 0 Å². The molecule has 3 rings (SSSR count). The van der Waals surface area contributed by atoms with Crippen LogP contribution >= 0.6 is 0 Å². The summed E-state index contributed by atoms with van der Waals surface area (Å²) in [6.07, 6.45) is 3.87. The highest BCUT2D eigenvalue weighted by atomic mass is 16.5. The van der Waals surface area contributed by atoms with Crippen molar-refractivity contribution >= 4 is 5.91 Å². The molecule has 0 aromatic carbocycles. The second-order valence-electron chi connectivity index (χ2n) is 6.61. The number of aromatic nitrogens is 2. The van der Waals surface area contributed by atoms with E-state index in [1.807, 2.05) is 10.7 Å². The number of carbonyl (C=O) groups excluding carboxylic acids is 1. The zero-order valence-corrected chi connectivity index (χ0v) is 13.5. The molecule has 1 N–H and O–H groups in total. The van der Waals surface area contributed by atoms with E-state index in [2.05, 4.69) is 29.2 Å². The minimum Gasteiger partial charge on any atom is -0.381 e. The molecule has 1 amide bonds. The molecule has 0 radical (unpaired) electrons. The zero-order chi connectivity index (χ0) is 15.5. The van der Waals surface area contributed by atoms with Gasteiger partial charge in [0.1, 0.15) is 6.04 Å². The Morgan fingerprint density at radius 1 is 1.45 bits per heavy atom. The van der Waals surface area contributed by atoms with E-state index in [1.54, 1.807) is 6.20 Å². The molecule has 2 aliphatic heterocycles. The molecule has 0 saturated carbocycles. The lowest BCUT2D eigenvalue weighted by molar-refractivity contribution is -0.126. The number of amides is 1. The summed E-state index contributed by atoms with van der Waals surface area (Å²) in [7, 11) is 0. The van der Waals surface area contributed by atoms with Crippen molar-refractivity contribution in [2.45, 2.75) is 45.3 Å². The van der Waals surface area contributed by atoms with Crippen LogP contribution < -0.4 is 5.32 Å². The van der Waals surface area contributed by atoms with Crippen LogP contribution in [0.2, 0.25) is 0 Å². The highest BCUT2D eigenvalue weighted by Crippen LogP contribution is 2.22. The van der Waals surface area contributed by atoms with Crippen molar-refractivity contribution in [1.82, 2.24) is 20.0 Å². The number of nitrogens with one attached hydrogen (secondary N) is 1.